The fourth-order valence-electron chi connectivity index (χ4n) is 4.87. The molecule has 0 aromatic heterocycles. The van der Waals surface area contributed by atoms with E-state index in [1.165, 1.54) is 6.21 Å². The Kier molecular flexibility index (Phi) is 6.55. The molecule has 1 fully saturated rings. The normalized spacial score (nSPS) is 17.9. The Morgan fingerprint density at radius 3 is 2.63 bits per heavy atom. The van der Waals surface area contributed by atoms with Gasteiger partial charge in [-0.25, -0.2) is 0 Å². The Morgan fingerprint density at radius 2 is 1.89 bits per heavy atom. The van der Waals surface area contributed by atoms with Gasteiger partial charge in [0, 0.05) is 54.2 Å². The lowest BCUT2D eigenvalue weighted by atomic mass is 9.85. The third-order valence-electron chi connectivity index (χ3n) is 6.87. The first-order valence-electron chi connectivity index (χ1n) is 12.0. The van der Waals surface area contributed by atoms with Gasteiger partial charge in [0.05, 0.1) is 6.67 Å². The van der Waals surface area contributed by atoms with E-state index in [9.17, 15) is 4.39 Å². The lowest BCUT2D eigenvalue weighted by Crippen LogP contribution is -2.49. The minimum Gasteiger partial charge on any atom is -0.492 e. The highest BCUT2D eigenvalue weighted by Crippen LogP contribution is 2.46. The van der Waals surface area contributed by atoms with Crippen LogP contribution in [0.5, 0.6) is 11.5 Å². The average Bonchev–Trinajstić information content (AvgIpc) is 2.86. The highest BCUT2D eigenvalue weighted by atomic mass is 19.1. The number of benzene rings is 3. The molecular formula is C29H30FN3O2. The fourth-order valence-corrected chi connectivity index (χ4v) is 4.87. The van der Waals surface area contributed by atoms with Crippen LogP contribution in [0.4, 0.5) is 10.1 Å². The van der Waals surface area contributed by atoms with Gasteiger partial charge < -0.3 is 20.6 Å². The van der Waals surface area contributed by atoms with Crippen LogP contribution in [0.2, 0.25) is 0 Å². The van der Waals surface area contributed by atoms with Crippen molar-refractivity contribution in [3.05, 3.63) is 89.0 Å². The Morgan fingerprint density at radius 1 is 1.11 bits per heavy atom. The molecule has 0 aliphatic carbocycles. The van der Waals surface area contributed by atoms with Gasteiger partial charge >= 0.3 is 0 Å². The van der Waals surface area contributed by atoms with Gasteiger partial charge in [0.25, 0.3) is 0 Å². The van der Waals surface area contributed by atoms with Crippen molar-refractivity contribution in [2.45, 2.75) is 13.0 Å². The van der Waals surface area contributed by atoms with Crippen LogP contribution in [0.3, 0.4) is 0 Å². The number of nitrogens with zero attached hydrogens (tertiary/aromatic N) is 1. The molecule has 2 heterocycles. The second-order valence-electron chi connectivity index (χ2n) is 9.22. The van der Waals surface area contributed by atoms with Crippen molar-refractivity contribution in [1.29, 1.82) is 5.41 Å². The number of nitrogens with one attached hydrogen (secondary N) is 1. The minimum absolute atomic E-state index is 0.191. The molecule has 5 nitrogen and oxygen atoms in total. The van der Waals surface area contributed by atoms with Gasteiger partial charge in [-0.2, -0.15) is 0 Å². The first-order valence-corrected chi connectivity index (χ1v) is 12.0. The number of fused-ring (bicyclic) bond motifs is 1. The maximum absolute atomic E-state index is 12.6. The summed E-state index contributed by atoms with van der Waals surface area (Å²) in [5, 5.41) is 7.73. The number of rotatable bonds is 8. The van der Waals surface area contributed by atoms with Crippen LogP contribution in [-0.2, 0) is 0 Å². The lowest BCUT2D eigenvalue weighted by Gasteiger charge is -2.37. The van der Waals surface area contributed by atoms with Crippen molar-refractivity contribution in [3.63, 3.8) is 0 Å². The summed E-state index contributed by atoms with van der Waals surface area (Å²) >= 11 is 0. The minimum atomic E-state index is -0.306. The number of hydrogen-bond donors (Lipinski definition) is 2. The molecule has 2 aliphatic heterocycles. The largest absolute Gasteiger partial charge is 0.492 e. The molecule has 0 radical (unpaired) electrons. The van der Waals surface area contributed by atoms with Gasteiger partial charge in [-0.05, 0) is 54.0 Å². The molecule has 2 aliphatic rings. The second kappa shape index (κ2) is 9.92. The van der Waals surface area contributed by atoms with Crippen molar-refractivity contribution in [2.24, 2.45) is 5.92 Å². The molecule has 180 valence electrons. The molecule has 0 saturated carbocycles. The molecule has 6 heteroatoms. The number of anilines is 1. The Labute approximate surface area is 205 Å². The van der Waals surface area contributed by atoms with Gasteiger partial charge in [0.15, 0.2) is 0 Å². The Bertz CT molecular complexity index is 1250. The smallest absolute Gasteiger partial charge is 0.150 e. The zero-order valence-corrected chi connectivity index (χ0v) is 19.8. The van der Waals surface area contributed by atoms with Crippen molar-refractivity contribution >= 4 is 23.0 Å². The van der Waals surface area contributed by atoms with E-state index in [0.717, 1.165) is 59.0 Å². The first-order chi connectivity index (χ1) is 17.1. The number of allylic oxidation sites excluding steroid dienone is 1. The molecule has 0 amide bonds. The quantitative estimate of drug-likeness (QED) is 0.331. The number of ether oxygens (including phenoxy) is 2. The number of likely N-dealkylation sites (tertiary alicyclic amines) is 1. The number of alkyl halides is 1. The van der Waals surface area contributed by atoms with Gasteiger partial charge in [0.1, 0.15) is 24.2 Å². The summed E-state index contributed by atoms with van der Waals surface area (Å²) in [5.74, 6) is 1.84. The highest BCUT2D eigenvalue weighted by molar-refractivity contribution is 5.97. The highest BCUT2D eigenvalue weighted by Gasteiger charge is 2.29. The van der Waals surface area contributed by atoms with Crippen molar-refractivity contribution in [2.75, 3.05) is 38.6 Å². The second-order valence-corrected chi connectivity index (χ2v) is 9.22. The maximum Gasteiger partial charge on any atom is 0.150 e. The molecule has 3 aromatic carbocycles. The summed E-state index contributed by atoms with van der Waals surface area (Å²) < 4.78 is 25.1. The van der Waals surface area contributed by atoms with E-state index in [2.05, 4.69) is 17.9 Å². The van der Waals surface area contributed by atoms with Gasteiger partial charge in [0.2, 0.25) is 0 Å². The molecule has 5 rings (SSSR count). The van der Waals surface area contributed by atoms with E-state index in [-0.39, 0.29) is 18.7 Å². The van der Waals surface area contributed by atoms with Gasteiger partial charge in [-0.3, -0.25) is 9.29 Å². The number of nitrogens with two attached hydrogens (primary N) is 1. The summed E-state index contributed by atoms with van der Waals surface area (Å²) in [5.41, 5.74) is 12.6. The molecule has 1 unspecified atom stereocenters. The SMILES string of the molecule is CC1=C(c2ccc(N)c(C=N)c2)C(c2ccc(OCCN3CC(CF)C3)cc2)Oc2ccccc21. The molecule has 1 atom stereocenters. The number of hydrogen-bond acceptors (Lipinski definition) is 5. The third-order valence-corrected chi connectivity index (χ3v) is 6.87. The van der Waals surface area contributed by atoms with Crippen LogP contribution < -0.4 is 15.2 Å². The summed E-state index contributed by atoms with van der Waals surface area (Å²) in [4.78, 5) is 2.21. The van der Waals surface area contributed by atoms with E-state index in [1.807, 2.05) is 60.7 Å². The predicted octanol–water partition coefficient (Wildman–Crippen LogP) is 5.61. The fraction of sp³-hybridized carbons (Fsp3) is 0.276. The summed E-state index contributed by atoms with van der Waals surface area (Å²) in [7, 11) is 0. The standard InChI is InChI=1S/C29H30FN3O2/c1-19-25-4-2-3-5-27(25)35-29(28(19)22-8-11-26(32)23(14-22)16-31)21-6-9-24(10-7-21)34-13-12-33-17-20(15-30)18-33/h2-11,14,16,20,29,31H,12-13,15,17-18,32H2,1H3. The van der Waals surface area contributed by atoms with E-state index in [1.54, 1.807) is 0 Å². The first kappa shape index (κ1) is 23.1. The zero-order valence-electron chi connectivity index (χ0n) is 19.8. The van der Waals surface area contributed by atoms with E-state index in [4.69, 9.17) is 20.6 Å². The molecule has 0 spiro atoms. The lowest BCUT2D eigenvalue weighted by molar-refractivity contribution is 0.0668. The molecule has 3 N–H and O–H groups in total. The van der Waals surface area contributed by atoms with Gasteiger partial charge in [-0.1, -0.05) is 36.4 Å². The summed E-state index contributed by atoms with van der Waals surface area (Å²) in [6, 6.07) is 21.9. The summed E-state index contributed by atoms with van der Waals surface area (Å²) in [6.07, 6.45) is 0.977. The monoisotopic (exact) mass is 471 g/mol. The van der Waals surface area contributed by atoms with Crippen LogP contribution in [0.25, 0.3) is 11.1 Å². The number of halogens is 1. The molecule has 0 bridgehead atoms. The van der Waals surface area contributed by atoms with Crippen LogP contribution in [0, 0.1) is 11.3 Å². The predicted molar refractivity (Wildman–Crippen MR) is 139 cm³/mol. The van der Waals surface area contributed by atoms with Crippen LogP contribution in [0.15, 0.2) is 66.7 Å². The van der Waals surface area contributed by atoms with Crippen LogP contribution >= 0.6 is 0 Å². The number of nitrogen functional groups attached to an aromatic ring is 1. The van der Waals surface area contributed by atoms with Crippen LogP contribution in [0.1, 0.15) is 35.3 Å². The van der Waals surface area contributed by atoms with Crippen molar-refractivity contribution in [1.82, 2.24) is 4.90 Å². The number of para-hydroxylation sites is 1. The zero-order chi connectivity index (χ0) is 24.4. The maximum atomic E-state index is 12.6. The molecule has 35 heavy (non-hydrogen) atoms. The average molecular weight is 472 g/mol. The van der Waals surface area contributed by atoms with Crippen molar-refractivity contribution < 1.29 is 13.9 Å². The van der Waals surface area contributed by atoms with Crippen LogP contribution in [-0.4, -0.2) is 44.0 Å². The van der Waals surface area contributed by atoms with Gasteiger partial charge in [-0.15, -0.1) is 0 Å². The van der Waals surface area contributed by atoms with E-state index < -0.39 is 0 Å². The Balaban J connectivity index is 1.39. The van der Waals surface area contributed by atoms with E-state index >= 15 is 0 Å². The summed E-state index contributed by atoms with van der Waals surface area (Å²) in [6.45, 7) is 4.90. The molecule has 1 saturated heterocycles. The third kappa shape index (κ3) is 4.66. The topological polar surface area (TPSA) is 71.6 Å². The Hall–Kier alpha value is -3.64. The molecular weight excluding hydrogens is 441 g/mol. The molecule has 3 aromatic rings. The van der Waals surface area contributed by atoms with E-state index in [0.29, 0.717) is 17.9 Å². The van der Waals surface area contributed by atoms with Crippen molar-refractivity contribution in [3.8, 4) is 11.5 Å².